The van der Waals surface area contributed by atoms with E-state index in [1.54, 1.807) is 18.3 Å². The van der Waals surface area contributed by atoms with E-state index < -0.39 is 0 Å². The summed E-state index contributed by atoms with van der Waals surface area (Å²) in [5.74, 6) is 1.60. The van der Waals surface area contributed by atoms with E-state index in [9.17, 15) is 5.11 Å². The van der Waals surface area contributed by atoms with E-state index in [0.717, 1.165) is 24.2 Å². The Morgan fingerprint density at radius 2 is 1.81 bits per heavy atom. The molecule has 1 heterocycles. The minimum absolute atomic E-state index is 0.148. The number of ether oxygens (including phenoxy) is 1. The second-order valence-electron chi connectivity index (χ2n) is 6.53. The van der Waals surface area contributed by atoms with Crippen LogP contribution in [0.3, 0.4) is 0 Å². The number of hydrogen-bond donors (Lipinski definition) is 1. The van der Waals surface area contributed by atoms with E-state index in [2.05, 4.69) is 60.0 Å². The lowest BCUT2D eigenvalue weighted by Crippen LogP contribution is -2.05. The third-order valence-electron chi connectivity index (χ3n) is 4.75. The molecule has 27 heavy (non-hydrogen) atoms. The molecule has 0 unspecified atom stereocenters. The van der Waals surface area contributed by atoms with Crippen molar-refractivity contribution in [3.63, 3.8) is 0 Å². The van der Waals surface area contributed by atoms with Gasteiger partial charge in [-0.2, -0.15) is 0 Å². The van der Waals surface area contributed by atoms with Crippen LogP contribution >= 0.6 is 31.9 Å². The van der Waals surface area contributed by atoms with Gasteiger partial charge >= 0.3 is 0 Å². The molecule has 0 saturated carbocycles. The van der Waals surface area contributed by atoms with E-state index in [-0.39, 0.29) is 12.4 Å². The van der Waals surface area contributed by atoms with Crippen LogP contribution in [0.2, 0.25) is 0 Å². The third kappa shape index (κ3) is 3.71. The molecule has 0 bridgehead atoms. The van der Waals surface area contributed by atoms with Gasteiger partial charge in [-0.05, 0) is 92.9 Å². The summed E-state index contributed by atoms with van der Waals surface area (Å²) in [6.45, 7) is 2.44. The summed E-state index contributed by atoms with van der Waals surface area (Å²) < 4.78 is 7.13. The second kappa shape index (κ2) is 7.56. The number of aromatic nitrogens is 3. The number of phenolic OH excluding ortho intramolecular Hbond substituents is 1. The van der Waals surface area contributed by atoms with Crippen LogP contribution in [0.25, 0.3) is 11.3 Å². The predicted molar refractivity (Wildman–Crippen MR) is 110 cm³/mol. The van der Waals surface area contributed by atoms with Crippen LogP contribution in [0.5, 0.6) is 11.5 Å². The van der Waals surface area contributed by atoms with Crippen molar-refractivity contribution in [3.05, 3.63) is 61.9 Å². The van der Waals surface area contributed by atoms with Gasteiger partial charge in [0.1, 0.15) is 23.8 Å². The molecule has 0 aliphatic heterocycles. The molecular formula is C20H17Br2N3O2. The van der Waals surface area contributed by atoms with Gasteiger partial charge in [-0.1, -0.05) is 6.07 Å². The number of halogens is 2. The van der Waals surface area contributed by atoms with Crippen molar-refractivity contribution in [1.82, 2.24) is 15.2 Å². The van der Waals surface area contributed by atoms with Gasteiger partial charge in [-0.3, -0.25) is 0 Å². The van der Waals surface area contributed by atoms with E-state index >= 15 is 0 Å². The summed E-state index contributed by atoms with van der Waals surface area (Å²) in [4.78, 5) is 4.37. The fourth-order valence-electron chi connectivity index (χ4n) is 3.34. The van der Waals surface area contributed by atoms with E-state index in [1.807, 2.05) is 6.07 Å². The maximum absolute atomic E-state index is 9.82. The smallest absolute Gasteiger partial charge is 0.188 e. The zero-order valence-corrected chi connectivity index (χ0v) is 17.8. The van der Waals surface area contributed by atoms with Crippen molar-refractivity contribution >= 4 is 31.9 Å². The Bertz CT molecular complexity index is 984. The first-order chi connectivity index (χ1) is 13.0. The number of nitrogens with zero attached hydrogens (tertiary/aromatic N) is 3. The molecule has 0 amide bonds. The van der Waals surface area contributed by atoms with Crippen molar-refractivity contribution in [3.8, 4) is 22.8 Å². The SMILES string of the molecule is Cc1ccc(OCc2ncc(-c3cc(Br)c(O)c(Br)c3)nn2)c2c1CCC2. The van der Waals surface area contributed by atoms with E-state index in [0.29, 0.717) is 20.5 Å². The topological polar surface area (TPSA) is 68.1 Å². The van der Waals surface area contributed by atoms with Gasteiger partial charge in [0.2, 0.25) is 0 Å². The van der Waals surface area contributed by atoms with Crippen molar-refractivity contribution in [2.75, 3.05) is 0 Å². The normalized spacial score (nSPS) is 12.9. The highest BCUT2D eigenvalue weighted by atomic mass is 79.9. The van der Waals surface area contributed by atoms with E-state index in [4.69, 9.17) is 4.74 Å². The van der Waals surface area contributed by atoms with Crippen molar-refractivity contribution < 1.29 is 9.84 Å². The first-order valence-corrected chi connectivity index (χ1v) is 10.2. The number of hydrogen-bond acceptors (Lipinski definition) is 5. The van der Waals surface area contributed by atoms with Crippen molar-refractivity contribution in [2.24, 2.45) is 0 Å². The van der Waals surface area contributed by atoms with Crippen molar-refractivity contribution in [2.45, 2.75) is 32.8 Å². The molecular weight excluding hydrogens is 474 g/mol. The third-order valence-corrected chi connectivity index (χ3v) is 5.96. The van der Waals surface area contributed by atoms with Crippen LogP contribution in [0.4, 0.5) is 0 Å². The van der Waals surface area contributed by atoms with Crippen LogP contribution in [0.15, 0.2) is 39.4 Å². The monoisotopic (exact) mass is 489 g/mol. The number of benzene rings is 2. The quantitative estimate of drug-likeness (QED) is 0.548. The fraction of sp³-hybridized carbons (Fsp3) is 0.250. The Kier molecular flexibility index (Phi) is 5.14. The molecule has 1 aliphatic carbocycles. The first-order valence-electron chi connectivity index (χ1n) is 8.64. The fourth-order valence-corrected chi connectivity index (χ4v) is 4.53. The van der Waals surface area contributed by atoms with Gasteiger partial charge in [-0.25, -0.2) is 4.98 Å². The molecule has 1 aliphatic rings. The zero-order valence-electron chi connectivity index (χ0n) is 14.7. The lowest BCUT2D eigenvalue weighted by Gasteiger charge is -2.12. The number of phenols is 1. The molecule has 0 radical (unpaired) electrons. The Hall–Kier alpha value is -1.99. The minimum atomic E-state index is 0.148. The molecule has 4 rings (SSSR count). The summed E-state index contributed by atoms with van der Waals surface area (Å²) in [6, 6.07) is 7.70. The minimum Gasteiger partial charge on any atom is -0.506 e. The summed E-state index contributed by atoms with van der Waals surface area (Å²) in [5, 5.41) is 18.2. The van der Waals surface area contributed by atoms with Crippen molar-refractivity contribution in [1.29, 1.82) is 0 Å². The zero-order chi connectivity index (χ0) is 19.0. The van der Waals surface area contributed by atoms with Crippen LogP contribution in [-0.4, -0.2) is 20.3 Å². The lowest BCUT2D eigenvalue weighted by molar-refractivity contribution is 0.291. The van der Waals surface area contributed by atoms with Gasteiger partial charge in [0, 0.05) is 5.56 Å². The summed E-state index contributed by atoms with van der Waals surface area (Å²) >= 11 is 6.64. The molecule has 5 nitrogen and oxygen atoms in total. The average Bonchev–Trinajstić information content (AvgIpc) is 3.17. The number of aryl methyl sites for hydroxylation is 1. The van der Waals surface area contributed by atoms with Gasteiger partial charge in [0.15, 0.2) is 5.82 Å². The van der Waals surface area contributed by atoms with Crippen LogP contribution in [0.1, 0.15) is 28.9 Å². The van der Waals surface area contributed by atoms with Crippen LogP contribution in [0, 0.1) is 6.92 Å². The molecule has 7 heteroatoms. The molecule has 0 spiro atoms. The maximum atomic E-state index is 9.82. The highest BCUT2D eigenvalue weighted by molar-refractivity contribution is 9.11. The van der Waals surface area contributed by atoms with E-state index in [1.165, 1.54) is 23.1 Å². The van der Waals surface area contributed by atoms with Gasteiger partial charge in [0.05, 0.1) is 15.1 Å². The molecule has 0 atom stereocenters. The second-order valence-corrected chi connectivity index (χ2v) is 8.24. The molecule has 1 N–H and O–H groups in total. The molecule has 2 aromatic carbocycles. The van der Waals surface area contributed by atoms with Gasteiger partial charge in [0.25, 0.3) is 0 Å². The highest BCUT2D eigenvalue weighted by Crippen LogP contribution is 2.36. The highest BCUT2D eigenvalue weighted by Gasteiger charge is 2.18. The Morgan fingerprint density at radius 1 is 1.07 bits per heavy atom. The number of aromatic hydroxyl groups is 1. The van der Waals surface area contributed by atoms with Gasteiger partial charge in [-0.15, -0.1) is 10.2 Å². The molecule has 1 aromatic heterocycles. The van der Waals surface area contributed by atoms with Crippen LogP contribution < -0.4 is 4.74 Å². The van der Waals surface area contributed by atoms with Crippen LogP contribution in [-0.2, 0) is 19.4 Å². The van der Waals surface area contributed by atoms with Gasteiger partial charge < -0.3 is 9.84 Å². The Labute approximate surface area is 174 Å². The number of rotatable bonds is 4. The maximum Gasteiger partial charge on any atom is 0.188 e. The molecule has 0 saturated heterocycles. The summed E-state index contributed by atoms with van der Waals surface area (Å²) in [6.07, 6.45) is 5.04. The Balaban J connectivity index is 1.50. The predicted octanol–water partition coefficient (Wildman–Crippen LogP) is 5.15. The largest absolute Gasteiger partial charge is 0.506 e. The molecule has 3 aromatic rings. The molecule has 138 valence electrons. The average molecular weight is 491 g/mol. The molecule has 0 fully saturated rings. The summed E-state index contributed by atoms with van der Waals surface area (Å²) in [5.41, 5.74) is 5.50. The first kappa shape index (κ1) is 18.4. The number of fused-ring (bicyclic) bond motifs is 1. The lowest BCUT2D eigenvalue weighted by atomic mass is 10.0. The standard InChI is InChI=1S/C20H17Br2N3O2/c1-11-5-6-18(14-4-2-3-13(11)14)27-10-19-23-9-17(24-25-19)12-7-15(21)20(26)16(22)8-12/h5-9,26H,2-4,10H2,1H3. The summed E-state index contributed by atoms with van der Waals surface area (Å²) in [7, 11) is 0. The Morgan fingerprint density at radius 3 is 2.52 bits per heavy atom.